The molecule has 1 unspecified atom stereocenters. The molecule has 3 rings (SSSR count). The van der Waals surface area contributed by atoms with Gasteiger partial charge in [0, 0.05) is 36.0 Å². The molecular weight excluding hydrogens is 342 g/mol. The van der Waals surface area contributed by atoms with Crippen LogP contribution in [0.3, 0.4) is 0 Å². The van der Waals surface area contributed by atoms with Gasteiger partial charge in [-0.2, -0.15) is 0 Å². The molecule has 1 atom stereocenters. The Labute approximate surface area is 148 Å². The summed E-state index contributed by atoms with van der Waals surface area (Å²) >= 11 is 0. The van der Waals surface area contributed by atoms with E-state index in [4.69, 9.17) is 0 Å². The maximum Gasteiger partial charge on any atom is 0.229 e. The molecule has 0 aliphatic carbocycles. The maximum atomic E-state index is 13.4. The number of hydrogen-bond acceptors (Lipinski definition) is 3. The number of anilines is 2. The van der Waals surface area contributed by atoms with Gasteiger partial charge in [-0.15, -0.1) is 0 Å². The van der Waals surface area contributed by atoms with Gasteiger partial charge in [-0.3, -0.25) is 14.4 Å². The van der Waals surface area contributed by atoms with Crippen LogP contribution in [0.1, 0.15) is 23.7 Å². The van der Waals surface area contributed by atoms with Crippen LogP contribution in [0.4, 0.5) is 20.2 Å². The summed E-state index contributed by atoms with van der Waals surface area (Å²) in [6.45, 7) is 1.53. The molecule has 1 saturated heterocycles. The minimum absolute atomic E-state index is 0.0175. The first kappa shape index (κ1) is 17.7. The summed E-state index contributed by atoms with van der Waals surface area (Å²) in [6.07, 6.45) is -0.0175. The van der Waals surface area contributed by atoms with E-state index in [2.05, 4.69) is 5.32 Å². The molecule has 1 N–H and O–H groups in total. The second-order valence-electron chi connectivity index (χ2n) is 6.13. The Kier molecular flexibility index (Phi) is 4.79. The van der Waals surface area contributed by atoms with Crippen LogP contribution in [-0.2, 0) is 9.59 Å². The summed E-state index contributed by atoms with van der Waals surface area (Å²) in [7, 11) is 0. The lowest BCUT2D eigenvalue weighted by atomic mass is 10.1. The molecule has 134 valence electrons. The van der Waals surface area contributed by atoms with Crippen LogP contribution in [0.2, 0.25) is 0 Å². The van der Waals surface area contributed by atoms with Crippen LogP contribution in [0.25, 0.3) is 0 Å². The Hall–Kier alpha value is -3.09. The van der Waals surface area contributed by atoms with Gasteiger partial charge in [-0.1, -0.05) is 0 Å². The van der Waals surface area contributed by atoms with Gasteiger partial charge >= 0.3 is 0 Å². The SMILES string of the molecule is CC(=O)c1ccc(NC(=O)C2CC(=O)N(c3ccc(F)c(F)c3)C2)cc1. The van der Waals surface area contributed by atoms with E-state index >= 15 is 0 Å². The molecular formula is C19H16F2N2O3. The van der Waals surface area contributed by atoms with Gasteiger partial charge in [0.25, 0.3) is 0 Å². The molecule has 5 nitrogen and oxygen atoms in total. The van der Waals surface area contributed by atoms with Gasteiger partial charge < -0.3 is 10.2 Å². The molecule has 7 heteroatoms. The van der Waals surface area contributed by atoms with E-state index in [-0.39, 0.29) is 36.3 Å². The lowest BCUT2D eigenvalue weighted by molar-refractivity contribution is -0.122. The number of carbonyl (C=O) groups is 3. The van der Waals surface area contributed by atoms with E-state index in [0.29, 0.717) is 11.3 Å². The monoisotopic (exact) mass is 358 g/mol. The highest BCUT2D eigenvalue weighted by Gasteiger charge is 2.35. The van der Waals surface area contributed by atoms with Crippen molar-refractivity contribution >= 4 is 29.0 Å². The predicted octanol–water partition coefficient (Wildman–Crippen LogP) is 3.16. The third kappa shape index (κ3) is 3.61. The van der Waals surface area contributed by atoms with Crippen LogP contribution < -0.4 is 10.2 Å². The predicted molar refractivity (Wildman–Crippen MR) is 91.9 cm³/mol. The second kappa shape index (κ2) is 7.03. The fraction of sp³-hybridized carbons (Fsp3) is 0.211. The van der Waals surface area contributed by atoms with Gasteiger partial charge in [-0.05, 0) is 43.3 Å². The second-order valence-corrected chi connectivity index (χ2v) is 6.13. The molecule has 1 aliphatic rings. The van der Waals surface area contributed by atoms with E-state index in [0.717, 1.165) is 12.1 Å². The zero-order valence-corrected chi connectivity index (χ0v) is 14.0. The van der Waals surface area contributed by atoms with Gasteiger partial charge in [-0.25, -0.2) is 8.78 Å². The van der Waals surface area contributed by atoms with E-state index < -0.39 is 17.6 Å². The lowest BCUT2D eigenvalue weighted by Crippen LogP contribution is -2.28. The van der Waals surface area contributed by atoms with Crippen molar-refractivity contribution in [1.82, 2.24) is 0 Å². The number of nitrogens with zero attached hydrogens (tertiary/aromatic N) is 1. The number of amides is 2. The Bertz CT molecular complexity index is 881. The lowest BCUT2D eigenvalue weighted by Gasteiger charge is -2.17. The fourth-order valence-corrected chi connectivity index (χ4v) is 2.82. The number of carbonyl (C=O) groups excluding carboxylic acids is 3. The van der Waals surface area contributed by atoms with Crippen LogP contribution in [-0.4, -0.2) is 24.1 Å². The van der Waals surface area contributed by atoms with Crippen molar-refractivity contribution in [3.63, 3.8) is 0 Å². The minimum Gasteiger partial charge on any atom is -0.326 e. The largest absolute Gasteiger partial charge is 0.326 e. The number of hydrogen-bond donors (Lipinski definition) is 1. The number of ketones is 1. The van der Waals surface area contributed by atoms with E-state index in [9.17, 15) is 23.2 Å². The Morgan fingerprint density at radius 3 is 2.38 bits per heavy atom. The molecule has 0 aromatic heterocycles. The molecule has 0 spiro atoms. The highest BCUT2D eigenvalue weighted by molar-refractivity contribution is 6.03. The van der Waals surface area contributed by atoms with E-state index in [1.54, 1.807) is 24.3 Å². The van der Waals surface area contributed by atoms with Crippen molar-refractivity contribution in [2.75, 3.05) is 16.8 Å². The van der Waals surface area contributed by atoms with Gasteiger partial charge in [0.2, 0.25) is 11.8 Å². The standard InChI is InChI=1S/C19H16F2N2O3/c1-11(24)12-2-4-14(5-3-12)22-19(26)13-8-18(25)23(10-13)15-6-7-16(20)17(21)9-15/h2-7,9,13H,8,10H2,1H3,(H,22,26). The number of Topliss-reactive ketones (excluding diaryl/α,β-unsaturated/α-hetero) is 1. The van der Waals surface area contributed by atoms with Gasteiger partial charge in [0.15, 0.2) is 17.4 Å². The average molecular weight is 358 g/mol. The van der Waals surface area contributed by atoms with Crippen LogP contribution in [0.5, 0.6) is 0 Å². The van der Waals surface area contributed by atoms with Crippen LogP contribution in [0, 0.1) is 17.6 Å². The van der Waals surface area contributed by atoms with E-state index in [1.165, 1.54) is 17.9 Å². The first-order valence-electron chi connectivity index (χ1n) is 8.02. The number of benzene rings is 2. The first-order chi connectivity index (χ1) is 12.3. The van der Waals surface area contributed by atoms with Crippen molar-refractivity contribution < 1.29 is 23.2 Å². The zero-order chi connectivity index (χ0) is 18.8. The van der Waals surface area contributed by atoms with Crippen LogP contribution in [0.15, 0.2) is 42.5 Å². The molecule has 1 heterocycles. The quantitative estimate of drug-likeness (QED) is 0.854. The van der Waals surface area contributed by atoms with Gasteiger partial charge in [0.1, 0.15) is 0 Å². The molecule has 1 fully saturated rings. The molecule has 2 aromatic rings. The summed E-state index contributed by atoms with van der Waals surface area (Å²) in [6, 6.07) is 9.61. The van der Waals surface area contributed by atoms with Crippen molar-refractivity contribution in [3.05, 3.63) is 59.7 Å². The van der Waals surface area contributed by atoms with E-state index in [1.807, 2.05) is 0 Å². The highest BCUT2D eigenvalue weighted by Crippen LogP contribution is 2.27. The minimum atomic E-state index is -1.05. The smallest absolute Gasteiger partial charge is 0.229 e. The number of nitrogens with one attached hydrogen (secondary N) is 1. The highest BCUT2D eigenvalue weighted by atomic mass is 19.2. The molecule has 26 heavy (non-hydrogen) atoms. The fourth-order valence-electron chi connectivity index (χ4n) is 2.82. The third-order valence-corrected chi connectivity index (χ3v) is 4.27. The summed E-state index contributed by atoms with van der Waals surface area (Å²) in [4.78, 5) is 37.1. The molecule has 0 bridgehead atoms. The van der Waals surface area contributed by atoms with Crippen molar-refractivity contribution in [1.29, 1.82) is 0 Å². The van der Waals surface area contributed by atoms with Crippen molar-refractivity contribution in [3.8, 4) is 0 Å². The molecule has 0 radical (unpaired) electrons. The normalized spacial score (nSPS) is 16.7. The summed E-state index contributed by atoms with van der Waals surface area (Å²) in [5, 5.41) is 2.70. The zero-order valence-electron chi connectivity index (χ0n) is 14.0. The average Bonchev–Trinajstić information content (AvgIpc) is 3.00. The molecule has 2 aromatic carbocycles. The summed E-state index contributed by atoms with van der Waals surface area (Å²) in [5.41, 5.74) is 1.26. The van der Waals surface area contributed by atoms with Crippen LogP contribution >= 0.6 is 0 Å². The molecule has 0 saturated carbocycles. The van der Waals surface area contributed by atoms with Crippen molar-refractivity contribution in [2.45, 2.75) is 13.3 Å². The third-order valence-electron chi connectivity index (χ3n) is 4.27. The first-order valence-corrected chi connectivity index (χ1v) is 8.02. The molecule has 2 amide bonds. The Morgan fingerprint density at radius 2 is 1.77 bits per heavy atom. The Balaban J connectivity index is 1.68. The maximum absolute atomic E-state index is 13.4. The summed E-state index contributed by atoms with van der Waals surface area (Å²) in [5.74, 6) is -3.41. The number of halogens is 2. The molecule has 1 aliphatic heterocycles. The van der Waals surface area contributed by atoms with Crippen molar-refractivity contribution in [2.24, 2.45) is 5.92 Å². The number of rotatable bonds is 4. The van der Waals surface area contributed by atoms with Gasteiger partial charge in [0.05, 0.1) is 5.92 Å². The summed E-state index contributed by atoms with van der Waals surface area (Å²) < 4.78 is 26.4. The Morgan fingerprint density at radius 1 is 1.08 bits per heavy atom. The topological polar surface area (TPSA) is 66.5 Å².